The summed E-state index contributed by atoms with van der Waals surface area (Å²) in [5.74, 6) is 5.02. The Morgan fingerprint density at radius 3 is 2.44 bits per heavy atom. The van der Waals surface area contributed by atoms with E-state index in [2.05, 4.69) is 0 Å². The number of rotatable bonds is 3. The minimum Gasteiger partial charge on any atom is -0.370 e. The molecule has 0 amide bonds. The van der Waals surface area contributed by atoms with E-state index in [1.54, 1.807) is 23.0 Å². The van der Waals surface area contributed by atoms with Gasteiger partial charge in [-0.1, -0.05) is 30.3 Å². The van der Waals surface area contributed by atoms with Crippen molar-refractivity contribution >= 4 is 21.1 Å². The van der Waals surface area contributed by atoms with Gasteiger partial charge < -0.3 is 4.18 Å². The summed E-state index contributed by atoms with van der Waals surface area (Å²) in [5.41, 5.74) is 0. The Morgan fingerprint density at radius 1 is 1.06 bits per heavy atom. The van der Waals surface area contributed by atoms with Crippen LogP contribution in [0.15, 0.2) is 42.5 Å². The van der Waals surface area contributed by atoms with Gasteiger partial charge in [-0.05, 0) is 22.9 Å². The molecule has 0 unspecified atom stereocenters. The molecule has 2 rings (SSSR count). The van der Waals surface area contributed by atoms with Crippen molar-refractivity contribution in [2.45, 2.75) is 0 Å². The summed E-state index contributed by atoms with van der Waals surface area (Å²) < 4.78 is 26.8. The molecule has 2 aromatic carbocycles. The molecule has 3 N–H and O–H groups in total. The van der Waals surface area contributed by atoms with E-state index in [1.807, 2.05) is 24.3 Å². The van der Waals surface area contributed by atoms with E-state index in [-0.39, 0.29) is 5.75 Å². The summed E-state index contributed by atoms with van der Waals surface area (Å²) >= 11 is 0. The number of nitrogens with one attached hydrogen (secondary N) is 1. The van der Waals surface area contributed by atoms with Crippen molar-refractivity contribution < 1.29 is 12.6 Å². The predicted molar refractivity (Wildman–Crippen MR) is 60.8 cm³/mol. The lowest BCUT2D eigenvalue weighted by Gasteiger charge is -2.05. The molecule has 0 bridgehead atoms. The molecule has 5 nitrogen and oxygen atoms in total. The maximum Gasteiger partial charge on any atom is 0.395 e. The average Bonchev–Trinajstić information content (AvgIpc) is 2.28. The summed E-state index contributed by atoms with van der Waals surface area (Å²) in [4.78, 5) is 1.59. The molecule has 0 aromatic heterocycles. The Labute approximate surface area is 93.1 Å². The van der Waals surface area contributed by atoms with E-state index >= 15 is 0 Å². The molecule has 0 aliphatic heterocycles. The molecule has 0 aliphatic rings. The van der Waals surface area contributed by atoms with Gasteiger partial charge in [-0.3, -0.25) is 5.84 Å². The van der Waals surface area contributed by atoms with Gasteiger partial charge >= 0.3 is 10.3 Å². The lowest BCUT2D eigenvalue weighted by atomic mass is 10.1. The topological polar surface area (TPSA) is 81.4 Å². The lowest BCUT2D eigenvalue weighted by molar-refractivity contribution is 0.473. The highest BCUT2D eigenvalue weighted by Crippen LogP contribution is 2.21. The number of benzene rings is 2. The van der Waals surface area contributed by atoms with Gasteiger partial charge in [0, 0.05) is 0 Å². The number of nitrogens with two attached hydrogens (primary N) is 1. The predicted octanol–water partition coefficient (Wildman–Crippen LogP) is 0.927. The van der Waals surface area contributed by atoms with Gasteiger partial charge in [0.2, 0.25) is 0 Å². The Hall–Kier alpha value is -1.63. The van der Waals surface area contributed by atoms with Crippen LogP contribution >= 0.6 is 0 Å². The van der Waals surface area contributed by atoms with Crippen molar-refractivity contribution in [3.05, 3.63) is 42.5 Å². The van der Waals surface area contributed by atoms with Gasteiger partial charge in [0.15, 0.2) is 0 Å². The molecule has 0 saturated carbocycles. The maximum atomic E-state index is 11.0. The SMILES string of the molecule is NNS(=O)(=O)Oc1ccc2ccccc2c1. The maximum absolute atomic E-state index is 11.0. The van der Waals surface area contributed by atoms with E-state index in [0.29, 0.717) is 0 Å². The Balaban J connectivity index is 2.40. The molecule has 2 aromatic rings. The Morgan fingerprint density at radius 2 is 1.75 bits per heavy atom. The second-order valence-electron chi connectivity index (χ2n) is 3.16. The van der Waals surface area contributed by atoms with Crippen LogP contribution in [0.1, 0.15) is 0 Å². The summed E-state index contributed by atoms with van der Waals surface area (Å²) in [5, 5.41) is 1.90. The second-order valence-corrected chi connectivity index (χ2v) is 4.47. The molecule has 0 atom stereocenters. The van der Waals surface area contributed by atoms with Crippen LogP contribution in [0, 0.1) is 0 Å². The second kappa shape index (κ2) is 4.09. The van der Waals surface area contributed by atoms with Crippen LogP contribution in [0.5, 0.6) is 5.75 Å². The first-order chi connectivity index (χ1) is 7.61. The molecule has 84 valence electrons. The van der Waals surface area contributed by atoms with E-state index in [1.165, 1.54) is 0 Å². The number of fused-ring (bicyclic) bond motifs is 1. The van der Waals surface area contributed by atoms with Crippen LogP contribution in [0.25, 0.3) is 10.8 Å². The summed E-state index contributed by atoms with van der Waals surface area (Å²) in [6.07, 6.45) is 0. The first kappa shape index (κ1) is 10.9. The average molecular weight is 238 g/mol. The van der Waals surface area contributed by atoms with Crippen LogP contribution in [0.3, 0.4) is 0 Å². The van der Waals surface area contributed by atoms with Gasteiger partial charge in [0.05, 0.1) is 0 Å². The molecule has 0 saturated heterocycles. The highest BCUT2D eigenvalue weighted by molar-refractivity contribution is 7.85. The van der Waals surface area contributed by atoms with Crippen molar-refractivity contribution in [3.8, 4) is 5.75 Å². The summed E-state index contributed by atoms with van der Waals surface area (Å²) in [6, 6.07) is 12.5. The van der Waals surface area contributed by atoms with Crippen molar-refractivity contribution in [1.29, 1.82) is 0 Å². The zero-order valence-electron chi connectivity index (χ0n) is 8.25. The van der Waals surface area contributed by atoms with Gasteiger partial charge in [-0.2, -0.15) is 8.42 Å². The van der Waals surface area contributed by atoms with E-state index in [9.17, 15) is 8.42 Å². The highest BCUT2D eigenvalue weighted by Gasteiger charge is 2.09. The molecule has 0 heterocycles. The Bertz CT molecular complexity index is 610. The highest BCUT2D eigenvalue weighted by atomic mass is 32.2. The van der Waals surface area contributed by atoms with Crippen LogP contribution in [-0.4, -0.2) is 8.42 Å². The first-order valence-electron chi connectivity index (χ1n) is 4.51. The third-order valence-electron chi connectivity index (χ3n) is 2.07. The minimum atomic E-state index is -3.91. The molecular weight excluding hydrogens is 228 g/mol. The molecule has 6 heteroatoms. The molecule has 0 fully saturated rings. The zero-order chi connectivity index (χ0) is 11.6. The van der Waals surface area contributed by atoms with Gasteiger partial charge in [0.25, 0.3) is 0 Å². The van der Waals surface area contributed by atoms with Crippen molar-refractivity contribution in [2.24, 2.45) is 5.84 Å². The van der Waals surface area contributed by atoms with Gasteiger partial charge in [0.1, 0.15) is 5.75 Å². The van der Waals surface area contributed by atoms with E-state index in [4.69, 9.17) is 10.0 Å². The third kappa shape index (κ3) is 2.30. The smallest absolute Gasteiger partial charge is 0.370 e. The van der Waals surface area contributed by atoms with Crippen LogP contribution in [0.4, 0.5) is 0 Å². The molecule has 0 radical (unpaired) electrons. The molecule has 16 heavy (non-hydrogen) atoms. The van der Waals surface area contributed by atoms with E-state index in [0.717, 1.165) is 10.8 Å². The third-order valence-corrected chi connectivity index (χ3v) is 2.77. The lowest BCUT2D eigenvalue weighted by Crippen LogP contribution is -2.33. The number of hydrogen-bond donors (Lipinski definition) is 2. The van der Waals surface area contributed by atoms with E-state index < -0.39 is 10.3 Å². The standard InChI is InChI=1S/C10H10N2O3S/c11-12-16(13,14)15-10-6-5-8-3-1-2-4-9(8)7-10/h1-7,12H,11H2. The quantitative estimate of drug-likeness (QED) is 0.615. The fourth-order valence-corrected chi connectivity index (χ4v) is 1.78. The fourth-order valence-electron chi connectivity index (χ4n) is 1.37. The molecule has 0 spiro atoms. The number of hydrazine groups is 1. The van der Waals surface area contributed by atoms with Crippen molar-refractivity contribution in [2.75, 3.05) is 0 Å². The molecule has 0 aliphatic carbocycles. The fraction of sp³-hybridized carbons (Fsp3) is 0. The van der Waals surface area contributed by atoms with Crippen molar-refractivity contribution in [3.63, 3.8) is 0 Å². The molecular formula is C10H10N2O3S. The normalized spacial score (nSPS) is 11.6. The summed E-state index contributed by atoms with van der Waals surface area (Å²) in [6.45, 7) is 0. The largest absolute Gasteiger partial charge is 0.395 e. The monoisotopic (exact) mass is 238 g/mol. The van der Waals surface area contributed by atoms with Crippen LogP contribution in [0.2, 0.25) is 0 Å². The summed E-state index contributed by atoms with van der Waals surface area (Å²) in [7, 11) is -3.91. The van der Waals surface area contributed by atoms with Gasteiger partial charge in [-0.25, -0.2) is 0 Å². The minimum absolute atomic E-state index is 0.219. The zero-order valence-corrected chi connectivity index (χ0v) is 9.07. The van der Waals surface area contributed by atoms with Crippen LogP contribution in [-0.2, 0) is 10.3 Å². The van der Waals surface area contributed by atoms with Crippen molar-refractivity contribution in [1.82, 2.24) is 4.83 Å². The van der Waals surface area contributed by atoms with Crippen LogP contribution < -0.4 is 14.9 Å². The number of hydrogen-bond acceptors (Lipinski definition) is 4. The first-order valence-corrected chi connectivity index (χ1v) is 5.92. The van der Waals surface area contributed by atoms with Gasteiger partial charge in [-0.15, -0.1) is 4.83 Å². The Kier molecular flexibility index (Phi) is 2.78.